The van der Waals surface area contributed by atoms with Gasteiger partial charge in [-0.05, 0) is 17.7 Å². The summed E-state index contributed by atoms with van der Waals surface area (Å²) in [6, 6.07) is 4.80. The van der Waals surface area contributed by atoms with Crippen LogP contribution >= 0.6 is 24.0 Å². The van der Waals surface area contributed by atoms with Gasteiger partial charge in [-0.2, -0.15) is 0 Å². The summed E-state index contributed by atoms with van der Waals surface area (Å²) >= 11 is 6.20. The molecule has 0 bridgehead atoms. The number of rotatable bonds is 6. The first-order valence-corrected chi connectivity index (χ1v) is 9.67. The Labute approximate surface area is 170 Å². The molecule has 0 unspecified atom stereocenters. The van der Waals surface area contributed by atoms with Crippen molar-refractivity contribution in [2.75, 3.05) is 37.7 Å². The summed E-state index contributed by atoms with van der Waals surface area (Å²) < 4.78 is 5.56. The van der Waals surface area contributed by atoms with Gasteiger partial charge in [-0.15, -0.1) is 0 Å². The quantitative estimate of drug-likeness (QED) is 0.318. The van der Waals surface area contributed by atoms with Crippen molar-refractivity contribution in [3.63, 3.8) is 0 Å². The predicted octanol–water partition coefficient (Wildman–Crippen LogP) is 2.11. The minimum Gasteiger partial charge on any atom is -0.481 e. The third kappa shape index (κ3) is 4.49. The number of nitro groups is 1. The number of carbonyl (C=O) groups is 2. The van der Waals surface area contributed by atoms with E-state index in [1.165, 1.54) is 17.0 Å². The van der Waals surface area contributed by atoms with Crippen LogP contribution in [-0.2, 0) is 14.3 Å². The van der Waals surface area contributed by atoms with Crippen molar-refractivity contribution in [3.05, 3.63) is 38.8 Å². The largest absolute Gasteiger partial charge is 0.481 e. The Morgan fingerprint density at radius 3 is 2.75 bits per heavy atom. The molecule has 2 aliphatic heterocycles. The van der Waals surface area contributed by atoms with Crippen LogP contribution in [0.1, 0.15) is 12.0 Å². The molecule has 0 radical (unpaired) electrons. The fourth-order valence-electron chi connectivity index (χ4n) is 2.90. The van der Waals surface area contributed by atoms with E-state index < -0.39 is 16.8 Å². The Hall–Kier alpha value is -2.50. The van der Waals surface area contributed by atoms with Gasteiger partial charge >= 0.3 is 5.97 Å². The monoisotopic (exact) mass is 423 g/mol. The fourth-order valence-corrected chi connectivity index (χ4v) is 4.21. The highest BCUT2D eigenvalue weighted by molar-refractivity contribution is 8.26. The number of carboxylic acid groups (broad SMARTS) is 1. The summed E-state index contributed by atoms with van der Waals surface area (Å²) in [7, 11) is 0. The molecule has 2 aliphatic rings. The summed E-state index contributed by atoms with van der Waals surface area (Å²) in [4.78, 5) is 37.7. The maximum atomic E-state index is 12.5. The maximum absolute atomic E-state index is 12.5. The third-order valence-electron chi connectivity index (χ3n) is 4.27. The number of carbonyl (C=O) groups excluding carboxylic acids is 1. The Morgan fingerprint density at radius 1 is 1.39 bits per heavy atom. The highest BCUT2D eigenvalue weighted by Crippen LogP contribution is 2.35. The number of hydrogen-bond acceptors (Lipinski definition) is 8. The van der Waals surface area contributed by atoms with E-state index in [-0.39, 0.29) is 23.0 Å². The lowest BCUT2D eigenvalue weighted by atomic mass is 10.1. The molecule has 1 aromatic carbocycles. The van der Waals surface area contributed by atoms with Crippen molar-refractivity contribution >= 4 is 57.6 Å². The molecule has 0 saturated carbocycles. The van der Waals surface area contributed by atoms with Crippen LogP contribution in [0.3, 0.4) is 0 Å². The van der Waals surface area contributed by atoms with Crippen LogP contribution < -0.4 is 4.90 Å². The molecule has 2 fully saturated rings. The number of benzene rings is 1. The van der Waals surface area contributed by atoms with Crippen molar-refractivity contribution in [3.8, 4) is 0 Å². The number of thiocarbonyl (C=S) groups is 1. The van der Waals surface area contributed by atoms with E-state index in [0.717, 1.165) is 11.8 Å². The molecule has 0 atom stereocenters. The minimum absolute atomic E-state index is 0.00649. The number of nitro benzene ring substituents is 1. The number of aliphatic carboxylic acids is 1. The van der Waals surface area contributed by atoms with Gasteiger partial charge in [0.2, 0.25) is 0 Å². The van der Waals surface area contributed by atoms with E-state index >= 15 is 0 Å². The van der Waals surface area contributed by atoms with E-state index in [4.69, 9.17) is 22.1 Å². The van der Waals surface area contributed by atoms with Gasteiger partial charge in [0, 0.05) is 25.7 Å². The van der Waals surface area contributed by atoms with Gasteiger partial charge in [0.05, 0.1) is 29.5 Å². The SMILES string of the molecule is O=C(O)CCN1C(=O)/C(=C\c2ccc(N3CCOCC3)c([N+](=O)[O-])c2)SC1=S. The number of nitrogens with zero attached hydrogens (tertiary/aromatic N) is 3. The second-order valence-corrected chi connectivity index (χ2v) is 7.76. The molecule has 0 aliphatic carbocycles. The molecule has 11 heteroatoms. The first-order valence-electron chi connectivity index (χ1n) is 8.45. The van der Waals surface area contributed by atoms with Crippen LogP contribution in [0.2, 0.25) is 0 Å². The molecule has 3 rings (SSSR count). The first-order chi connectivity index (χ1) is 13.4. The molecule has 9 nitrogen and oxygen atoms in total. The number of ether oxygens (including phenoxy) is 1. The maximum Gasteiger partial charge on any atom is 0.305 e. The van der Waals surface area contributed by atoms with Gasteiger partial charge < -0.3 is 14.7 Å². The fraction of sp³-hybridized carbons (Fsp3) is 0.353. The number of thioether (sulfide) groups is 1. The Balaban J connectivity index is 1.84. The average Bonchev–Trinajstić information content (AvgIpc) is 2.93. The first kappa shape index (κ1) is 20.2. The molecule has 2 heterocycles. The van der Waals surface area contributed by atoms with Gasteiger partial charge in [0.25, 0.3) is 11.6 Å². The zero-order chi connectivity index (χ0) is 20.3. The Kier molecular flexibility index (Phi) is 6.27. The van der Waals surface area contributed by atoms with Gasteiger partial charge in [-0.1, -0.05) is 30.0 Å². The second-order valence-electron chi connectivity index (χ2n) is 6.08. The van der Waals surface area contributed by atoms with E-state index in [1.54, 1.807) is 12.1 Å². The van der Waals surface area contributed by atoms with Crippen LogP contribution in [0.15, 0.2) is 23.1 Å². The van der Waals surface area contributed by atoms with E-state index in [0.29, 0.717) is 42.5 Å². The number of carboxylic acids is 1. The Morgan fingerprint density at radius 2 is 2.11 bits per heavy atom. The lowest BCUT2D eigenvalue weighted by molar-refractivity contribution is -0.384. The highest BCUT2D eigenvalue weighted by Gasteiger charge is 2.32. The number of morpholine rings is 1. The molecule has 1 amide bonds. The number of amides is 1. The molecule has 28 heavy (non-hydrogen) atoms. The molecular formula is C17H17N3O6S2. The van der Waals surface area contributed by atoms with Crippen molar-refractivity contribution < 1.29 is 24.4 Å². The molecule has 1 N–H and O–H groups in total. The summed E-state index contributed by atoms with van der Waals surface area (Å²) in [5.41, 5.74) is 0.971. The summed E-state index contributed by atoms with van der Waals surface area (Å²) in [5.74, 6) is -1.41. The smallest absolute Gasteiger partial charge is 0.305 e. The van der Waals surface area contributed by atoms with Crippen molar-refractivity contribution in [1.82, 2.24) is 4.90 Å². The molecule has 1 aromatic rings. The van der Waals surface area contributed by atoms with Gasteiger partial charge in [-0.3, -0.25) is 24.6 Å². The molecular weight excluding hydrogens is 406 g/mol. The van der Waals surface area contributed by atoms with Crippen LogP contribution in [0, 0.1) is 10.1 Å². The number of anilines is 1. The summed E-state index contributed by atoms with van der Waals surface area (Å²) in [6.07, 6.45) is 1.33. The zero-order valence-corrected chi connectivity index (χ0v) is 16.3. The Bertz CT molecular complexity index is 866. The lowest BCUT2D eigenvalue weighted by Crippen LogP contribution is -2.36. The zero-order valence-electron chi connectivity index (χ0n) is 14.7. The van der Waals surface area contributed by atoms with Gasteiger partial charge in [0.1, 0.15) is 10.0 Å². The normalized spacial score (nSPS) is 18.8. The van der Waals surface area contributed by atoms with Crippen molar-refractivity contribution in [1.29, 1.82) is 0 Å². The van der Waals surface area contributed by atoms with Crippen LogP contribution in [0.5, 0.6) is 0 Å². The van der Waals surface area contributed by atoms with E-state index in [9.17, 15) is 19.7 Å². The van der Waals surface area contributed by atoms with Crippen LogP contribution in [0.25, 0.3) is 6.08 Å². The van der Waals surface area contributed by atoms with Gasteiger partial charge in [-0.25, -0.2) is 0 Å². The standard InChI is InChI=1S/C17H17N3O6S2/c21-15(22)3-4-19-16(23)14(28-17(19)27)10-11-1-2-12(13(9-11)20(24)25)18-5-7-26-8-6-18/h1-2,9-10H,3-8H2,(H,21,22)/b14-10+. The minimum atomic E-state index is -1.02. The van der Waals surface area contributed by atoms with Crippen LogP contribution in [-0.4, -0.2) is 64.0 Å². The average molecular weight is 423 g/mol. The lowest BCUT2D eigenvalue weighted by Gasteiger charge is -2.28. The third-order valence-corrected chi connectivity index (χ3v) is 5.65. The summed E-state index contributed by atoms with van der Waals surface area (Å²) in [6.45, 7) is 2.16. The van der Waals surface area contributed by atoms with E-state index in [1.807, 2.05) is 4.90 Å². The van der Waals surface area contributed by atoms with Crippen LogP contribution in [0.4, 0.5) is 11.4 Å². The topological polar surface area (TPSA) is 113 Å². The predicted molar refractivity (Wildman–Crippen MR) is 108 cm³/mol. The highest BCUT2D eigenvalue weighted by atomic mass is 32.2. The van der Waals surface area contributed by atoms with Gasteiger partial charge in [0.15, 0.2) is 0 Å². The number of hydrogen-bond donors (Lipinski definition) is 1. The van der Waals surface area contributed by atoms with E-state index in [2.05, 4.69) is 0 Å². The van der Waals surface area contributed by atoms with Crippen molar-refractivity contribution in [2.45, 2.75) is 6.42 Å². The van der Waals surface area contributed by atoms with Crippen molar-refractivity contribution in [2.24, 2.45) is 0 Å². The molecule has 0 aromatic heterocycles. The molecule has 148 valence electrons. The summed E-state index contributed by atoms with van der Waals surface area (Å²) in [5, 5.41) is 20.3. The second kappa shape index (κ2) is 8.67. The molecule has 0 spiro atoms. The molecule has 2 saturated heterocycles.